The monoisotopic (exact) mass is 377 g/mol. The van der Waals surface area contributed by atoms with Crippen molar-refractivity contribution >= 4 is 11.9 Å². The quantitative estimate of drug-likeness (QED) is 0.743. The number of anilines is 1. The summed E-state index contributed by atoms with van der Waals surface area (Å²) in [5, 5.41) is 6.81. The predicted octanol–water partition coefficient (Wildman–Crippen LogP) is -0.328. The molecule has 0 spiro atoms. The van der Waals surface area contributed by atoms with E-state index in [1.807, 2.05) is 4.90 Å². The van der Waals surface area contributed by atoms with Crippen molar-refractivity contribution in [2.24, 2.45) is 11.7 Å². The molecule has 27 heavy (non-hydrogen) atoms. The maximum Gasteiger partial charge on any atom is 0.227 e. The number of ether oxygens (including phenoxy) is 1. The Balaban J connectivity index is 1.35. The van der Waals surface area contributed by atoms with Crippen LogP contribution in [0.5, 0.6) is 0 Å². The predicted molar refractivity (Wildman–Crippen MR) is 101 cm³/mol. The summed E-state index contributed by atoms with van der Waals surface area (Å²) < 4.78 is 5.51. The smallest absolute Gasteiger partial charge is 0.227 e. The Labute approximate surface area is 160 Å². The van der Waals surface area contributed by atoms with Crippen LogP contribution in [0.4, 0.5) is 5.95 Å². The van der Waals surface area contributed by atoms with Crippen LogP contribution in [-0.2, 0) is 9.53 Å². The topological polar surface area (TPSA) is 104 Å². The van der Waals surface area contributed by atoms with Gasteiger partial charge in [0, 0.05) is 64.6 Å². The molecule has 3 N–H and O–H groups in total. The molecule has 0 radical (unpaired) electrons. The SMILES string of the molecule is N[C@H]1CC[C@@H](C(=O)N2CCN(c3ncn[nH]3)CC2)CN(C2CCOCC2)C1. The second-order valence-corrected chi connectivity index (χ2v) is 7.95. The number of carbonyl (C=O) groups excluding carboxylic acids is 1. The van der Waals surface area contributed by atoms with Gasteiger partial charge in [0.15, 0.2) is 0 Å². The Morgan fingerprint density at radius 2 is 1.89 bits per heavy atom. The summed E-state index contributed by atoms with van der Waals surface area (Å²) in [6.07, 6.45) is 5.43. The maximum absolute atomic E-state index is 13.2. The fourth-order valence-corrected chi connectivity index (χ4v) is 4.55. The van der Waals surface area contributed by atoms with E-state index in [9.17, 15) is 4.79 Å². The summed E-state index contributed by atoms with van der Waals surface area (Å²) in [5.74, 6) is 1.13. The van der Waals surface area contributed by atoms with E-state index in [4.69, 9.17) is 10.5 Å². The van der Waals surface area contributed by atoms with E-state index in [0.717, 1.165) is 84.1 Å². The van der Waals surface area contributed by atoms with Crippen LogP contribution in [0, 0.1) is 5.92 Å². The highest BCUT2D eigenvalue weighted by molar-refractivity contribution is 5.79. The molecule has 0 aliphatic carbocycles. The van der Waals surface area contributed by atoms with Crippen molar-refractivity contribution in [3.05, 3.63) is 6.33 Å². The molecule has 3 aliphatic heterocycles. The van der Waals surface area contributed by atoms with Crippen LogP contribution in [0.1, 0.15) is 25.7 Å². The Morgan fingerprint density at radius 1 is 1.11 bits per heavy atom. The van der Waals surface area contributed by atoms with Crippen molar-refractivity contribution in [1.29, 1.82) is 0 Å². The van der Waals surface area contributed by atoms with Crippen molar-refractivity contribution in [2.75, 3.05) is 57.4 Å². The van der Waals surface area contributed by atoms with E-state index in [1.54, 1.807) is 0 Å². The number of nitrogens with zero attached hydrogens (tertiary/aromatic N) is 5. The molecular formula is C18H31N7O2. The zero-order chi connectivity index (χ0) is 18.6. The second kappa shape index (κ2) is 8.53. The Kier molecular flexibility index (Phi) is 5.89. The molecule has 1 amide bonds. The van der Waals surface area contributed by atoms with Crippen LogP contribution in [0.15, 0.2) is 6.33 Å². The summed E-state index contributed by atoms with van der Waals surface area (Å²) >= 11 is 0. The van der Waals surface area contributed by atoms with Crippen LogP contribution in [0.2, 0.25) is 0 Å². The average molecular weight is 377 g/mol. The van der Waals surface area contributed by atoms with Gasteiger partial charge in [-0.15, -0.1) is 0 Å². The molecule has 1 aromatic heterocycles. The zero-order valence-corrected chi connectivity index (χ0v) is 15.9. The molecule has 3 aliphatic rings. The summed E-state index contributed by atoms with van der Waals surface area (Å²) in [7, 11) is 0. The van der Waals surface area contributed by atoms with Crippen molar-refractivity contribution < 1.29 is 9.53 Å². The first-order chi connectivity index (χ1) is 13.2. The summed E-state index contributed by atoms with van der Waals surface area (Å²) in [4.78, 5) is 24.1. The fraction of sp³-hybridized carbons (Fsp3) is 0.833. The van der Waals surface area contributed by atoms with Crippen molar-refractivity contribution in [3.8, 4) is 0 Å². The highest BCUT2D eigenvalue weighted by atomic mass is 16.5. The van der Waals surface area contributed by atoms with E-state index >= 15 is 0 Å². The van der Waals surface area contributed by atoms with Crippen molar-refractivity contribution in [2.45, 2.75) is 37.8 Å². The Bertz CT molecular complexity index is 597. The number of amides is 1. The van der Waals surface area contributed by atoms with Gasteiger partial charge < -0.3 is 20.3 Å². The van der Waals surface area contributed by atoms with Crippen LogP contribution < -0.4 is 10.6 Å². The van der Waals surface area contributed by atoms with Gasteiger partial charge in [-0.3, -0.25) is 9.69 Å². The summed E-state index contributed by atoms with van der Waals surface area (Å²) in [5.41, 5.74) is 6.32. The molecular weight excluding hydrogens is 346 g/mol. The lowest BCUT2D eigenvalue weighted by Crippen LogP contribution is -2.52. The molecule has 0 unspecified atom stereocenters. The number of hydrogen-bond donors (Lipinski definition) is 2. The zero-order valence-electron chi connectivity index (χ0n) is 15.9. The molecule has 3 fully saturated rings. The van der Waals surface area contributed by atoms with Crippen LogP contribution >= 0.6 is 0 Å². The van der Waals surface area contributed by atoms with Gasteiger partial charge in [-0.05, 0) is 25.7 Å². The van der Waals surface area contributed by atoms with Gasteiger partial charge in [0.1, 0.15) is 6.33 Å². The Hall–Kier alpha value is -1.71. The van der Waals surface area contributed by atoms with E-state index in [1.165, 1.54) is 6.33 Å². The largest absolute Gasteiger partial charge is 0.381 e. The number of aromatic amines is 1. The molecule has 3 saturated heterocycles. The molecule has 4 rings (SSSR count). The maximum atomic E-state index is 13.2. The second-order valence-electron chi connectivity index (χ2n) is 7.95. The van der Waals surface area contributed by atoms with E-state index < -0.39 is 0 Å². The molecule has 0 aromatic carbocycles. The van der Waals surface area contributed by atoms with E-state index in [2.05, 4.69) is 25.0 Å². The molecule has 9 heteroatoms. The number of carbonyl (C=O) groups is 1. The minimum absolute atomic E-state index is 0.0539. The minimum Gasteiger partial charge on any atom is -0.381 e. The third-order valence-corrected chi connectivity index (χ3v) is 6.16. The first kappa shape index (κ1) is 18.6. The van der Waals surface area contributed by atoms with E-state index in [0.29, 0.717) is 11.9 Å². The van der Waals surface area contributed by atoms with Gasteiger partial charge in [0.25, 0.3) is 0 Å². The van der Waals surface area contributed by atoms with Gasteiger partial charge in [0.2, 0.25) is 11.9 Å². The Morgan fingerprint density at radius 3 is 2.59 bits per heavy atom. The molecule has 0 bridgehead atoms. The molecule has 9 nitrogen and oxygen atoms in total. The molecule has 1 aromatic rings. The number of rotatable bonds is 3. The normalized spacial score (nSPS) is 28.9. The van der Waals surface area contributed by atoms with Crippen LogP contribution in [0.3, 0.4) is 0 Å². The van der Waals surface area contributed by atoms with E-state index in [-0.39, 0.29) is 12.0 Å². The van der Waals surface area contributed by atoms with Crippen LogP contribution in [-0.4, -0.2) is 95.5 Å². The summed E-state index contributed by atoms with van der Waals surface area (Å²) in [6.45, 7) is 6.41. The van der Waals surface area contributed by atoms with Gasteiger partial charge >= 0.3 is 0 Å². The third-order valence-electron chi connectivity index (χ3n) is 6.16. The van der Waals surface area contributed by atoms with Gasteiger partial charge in [0.05, 0.1) is 5.92 Å². The lowest BCUT2D eigenvalue weighted by molar-refractivity contribution is -0.136. The standard InChI is InChI=1S/C18H31N7O2/c19-15-2-1-14(11-25(12-15)16-3-9-27-10-4-16)17(26)23-5-7-24(8-6-23)18-20-13-21-22-18/h13-16H,1-12,19H2,(H,20,21,22)/t14-,15+/m1/s1. The number of hydrogen-bond acceptors (Lipinski definition) is 7. The first-order valence-corrected chi connectivity index (χ1v) is 10.2. The number of nitrogens with two attached hydrogens (primary N) is 1. The molecule has 150 valence electrons. The average Bonchev–Trinajstić information content (AvgIpc) is 3.18. The molecule has 4 heterocycles. The van der Waals surface area contributed by atoms with Gasteiger partial charge in [-0.25, -0.2) is 5.10 Å². The number of nitrogens with one attached hydrogen (secondary N) is 1. The lowest BCUT2D eigenvalue weighted by atomic mass is 9.99. The van der Waals surface area contributed by atoms with Crippen LogP contribution in [0.25, 0.3) is 0 Å². The highest BCUT2D eigenvalue weighted by Gasteiger charge is 2.34. The first-order valence-electron chi connectivity index (χ1n) is 10.2. The minimum atomic E-state index is 0.0539. The molecule has 0 saturated carbocycles. The lowest BCUT2D eigenvalue weighted by Gasteiger charge is -2.38. The van der Waals surface area contributed by atoms with Crippen molar-refractivity contribution in [3.63, 3.8) is 0 Å². The number of likely N-dealkylation sites (tertiary alicyclic amines) is 1. The summed E-state index contributed by atoms with van der Waals surface area (Å²) in [6, 6.07) is 0.662. The van der Waals surface area contributed by atoms with Crippen molar-refractivity contribution in [1.82, 2.24) is 25.0 Å². The molecule has 2 atom stereocenters. The highest BCUT2D eigenvalue weighted by Crippen LogP contribution is 2.24. The number of piperazine rings is 1. The number of aromatic nitrogens is 3. The number of H-pyrrole nitrogens is 1. The van der Waals surface area contributed by atoms with Gasteiger partial charge in [-0.2, -0.15) is 10.1 Å². The fourth-order valence-electron chi connectivity index (χ4n) is 4.55. The van der Waals surface area contributed by atoms with Gasteiger partial charge in [-0.1, -0.05) is 0 Å². The third kappa shape index (κ3) is 4.41.